The molecular formula is C23H23F2N5O3. The van der Waals surface area contributed by atoms with Crippen LogP contribution in [-0.2, 0) is 0 Å². The molecule has 172 valence electrons. The number of hydrogen-bond donors (Lipinski definition) is 2. The summed E-state index contributed by atoms with van der Waals surface area (Å²) < 4.78 is 29.0. The summed E-state index contributed by atoms with van der Waals surface area (Å²) >= 11 is 0. The summed E-state index contributed by atoms with van der Waals surface area (Å²) in [6.07, 6.45) is 5.74. The maximum Gasteiger partial charge on any atom is 0.356 e. The van der Waals surface area contributed by atoms with E-state index in [4.69, 9.17) is 4.98 Å². The highest BCUT2D eigenvalue weighted by Gasteiger charge is 2.44. The number of rotatable bonds is 5. The molecule has 3 aromatic heterocycles. The summed E-state index contributed by atoms with van der Waals surface area (Å²) in [6, 6.07) is 4.33. The third kappa shape index (κ3) is 4.01. The molecule has 1 aliphatic carbocycles. The Balaban J connectivity index is 1.53. The summed E-state index contributed by atoms with van der Waals surface area (Å²) in [7, 11) is 0. The van der Waals surface area contributed by atoms with Gasteiger partial charge in [-0.05, 0) is 56.2 Å². The number of nitrogens with one attached hydrogen (secondary N) is 1. The first kappa shape index (κ1) is 21.3. The molecule has 2 N–H and O–H groups in total. The van der Waals surface area contributed by atoms with Gasteiger partial charge in [0.1, 0.15) is 17.3 Å². The fourth-order valence-electron chi connectivity index (χ4n) is 4.57. The van der Waals surface area contributed by atoms with Gasteiger partial charge < -0.3 is 15.3 Å². The second kappa shape index (κ2) is 7.79. The molecule has 1 saturated heterocycles. The van der Waals surface area contributed by atoms with E-state index in [1.807, 2.05) is 0 Å². The summed E-state index contributed by atoms with van der Waals surface area (Å²) in [4.78, 5) is 34.5. The van der Waals surface area contributed by atoms with Crippen molar-refractivity contribution in [2.75, 3.05) is 23.3 Å². The van der Waals surface area contributed by atoms with Gasteiger partial charge in [-0.1, -0.05) is 0 Å². The number of aromatic carboxylic acids is 1. The Morgan fingerprint density at radius 2 is 1.88 bits per heavy atom. The van der Waals surface area contributed by atoms with Crippen LogP contribution in [0.5, 0.6) is 0 Å². The molecule has 1 saturated carbocycles. The highest BCUT2D eigenvalue weighted by Crippen LogP contribution is 2.53. The van der Waals surface area contributed by atoms with Crippen LogP contribution in [0.1, 0.15) is 54.7 Å². The predicted octanol–water partition coefficient (Wildman–Crippen LogP) is 3.62. The molecule has 0 unspecified atom stereocenters. The number of carbonyl (C=O) groups is 1. The van der Waals surface area contributed by atoms with E-state index in [0.717, 1.165) is 42.6 Å². The van der Waals surface area contributed by atoms with Crippen LogP contribution in [0.2, 0.25) is 0 Å². The Morgan fingerprint density at radius 3 is 2.55 bits per heavy atom. The number of fused-ring (bicyclic) bond motifs is 1. The number of hydrogen-bond acceptors (Lipinski definition) is 6. The zero-order valence-corrected chi connectivity index (χ0v) is 18.0. The molecule has 3 aromatic rings. The molecular weight excluding hydrogens is 432 g/mol. The number of piperidine rings is 1. The molecule has 2 aliphatic rings. The molecule has 1 aliphatic heterocycles. The molecule has 0 radical (unpaired) electrons. The fraction of sp³-hybridized carbons (Fsp3) is 0.391. The van der Waals surface area contributed by atoms with Gasteiger partial charge in [-0.25, -0.2) is 19.2 Å². The monoisotopic (exact) mass is 455 g/mol. The zero-order valence-electron chi connectivity index (χ0n) is 18.0. The van der Waals surface area contributed by atoms with Gasteiger partial charge in [-0.15, -0.1) is 0 Å². The number of aromatic nitrogens is 3. The van der Waals surface area contributed by atoms with Crippen molar-refractivity contribution in [2.45, 2.75) is 38.6 Å². The van der Waals surface area contributed by atoms with Gasteiger partial charge in [0.05, 0.1) is 11.7 Å². The van der Waals surface area contributed by atoms with Crippen LogP contribution in [-0.4, -0.2) is 38.5 Å². The lowest BCUT2D eigenvalue weighted by Crippen LogP contribution is -2.36. The van der Waals surface area contributed by atoms with E-state index in [-0.39, 0.29) is 11.3 Å². The first-order chi connectivity index (χ1) is 15.7. The highest BCUT2D eigenvalue weighted by molar-refractivity contribution is 5.92. The largest absolute Gasteiger partial charge is 0.476 e. The number of carboxylic acids is 1. The van der Waals surface area contributed by atoms with E-state index in [0.29, 0.717) is 16.8 Å². The molecule has 10 heteroatoms. The molecule has 1 spiro atoms. The molecule has 2 fully saturated rings. The fourth-order valence-corrected chi connectivity index (χ4v) is 4.57. The first-order valence-corrected chi connectivity index (χ1v) is 10.9. The number of carboxylic acid groups (broad SMARTS) is 1. The minimum Gasteiger partial charge on any atom is -0.476 e. The van der Waals surface area contributed by atoms with Gasteiger partial charge in [-0.3, -0.25) is 9.20 Å². The molecule has 4 heterocycles. The SMILES string of the molecule is C[C@@H](Nc1ccc(F)nc1C(=O)O)c1cc(F)cn2c(=O)cc(N3CCC4(CC3)CC4)nc12. The minimum atomic E-state index is -1.40. The molecule has 5 rings (SSSR count). The van der Waals surface area contributed by atoms with Gasteiger partial charge in [-0.2, -0.15) is 4.39 Å². The van der Waals surface area contributed by atoms with Crippen molar-refractivity contribution in [3.05, 3.63) is 63.8 Å². The maximum absolute atomic E-state index is 14.4. The lowest BCUT2D eigenvalue weighted by Gasteiger charge is -2.33. The summed E-state index contributed by atoms with van der Waals surface area (Å²) in [5.41, 5.74) is 0.297. The van der Waals surface area contributed by atoms with E-state index < -0.39 is 35.0 Å². The number of nitrogens with zero attached hydrogens (tertiary/aromatic N) is 4. The lowest BCUT2D eigenvalue weighted by atomic mass is 9.94. The standard InChI is InChI=1S/C23H23F2N5O3/c1-13(26-16-2-3-17(25)27-20(16)22(32)33)15-10-14(24)12-30-19(31)11-18(28-21(15)30)29-8-6-23(4-5-23)7-9-29/h2-3,10-13,26H,4-9H2,1H3,(H,32,33)/t13-/m1/s1. The Morgan fingerprint density at radius 1 is 1.15 bits per heavy atom. The topological polar surface area (TPSA) is 99.8 Å². The Labute approximate surface area is 187 Å². The molecule has 8 nitrogen and oxygen atoms in total. The first-order valence-electron chi connectivity index (χ1n) is 10.9. The van der Waals surface area contributed by atoms with Gasteiger partial charge in [0.15, 0.2) is 5.69 Å². The molecule has 0 amide bonds. The Bertz CT molecular complexity index is 1310. The second-order valence-electron chi connectivity index (χ2n) is 8.95. The lowest BCUT2D eigenvalue weighted by molar-refractivity contribution is 0.0690. The highest BCUT2D eigenvalue weighted by atomic mass is 19.1. The van der Waals surface area contributed by atoms with E-state index in [1.54, 1.807) is 6.92 Å². The quantitative estimate of drug-likeness (QED) is 0.567. The van der Waals surface area contributed by atoms with Gasteiger partial charge in [0, 0.05) is 30.9 Å². The summed E-state index contributed by atoms with van der Waals surface area (Å²) in [6.45, 7) is 3.31. The summed E-state index contributed by atoms with van der Waals surface area (Å²) in [5, 5.41) is 12.3. The van der Waals surface area contributed by atoms with Crippen molar-refractivity contribution in [3.63, 3.8) is 0 Å². The van der Waals surface area contributed by atoms with E-state index in [1.165, 1.54) is 31.0 Å². The van der Waals surface area contributed by atoms with E-state index in [9.17, 15) is 23.5 Å². The van der Waals surface area contributed by atoms with Gasteiger partial charge in [0.2, 0.25) is 5.95 Å². The molecule has 33 heavy (non-hydrogen) atoms. The predicted molar refractivity (Wildman–Crippen MR) is 118 cm³/mol. The van der Waals surface area contributed by atoms with Crippen LogP contribution in [0, 0.1) is 17.2 Å². The Hall–Kier alpha value is -3.56. The maximum atomic E-state index is 14.4. The van der Waals surface area contributed by atoms with Crippen LogP contribution in [0.15, 0.2) is 35.3 Å². The van der Waals surface area contributed by atoms with Crippen LogP contribution in [0.3, 0.4) is 0 Å². The number of halogens is 2. The normalized spacial score (nSPS) is 17.8. The van der Waals surface area contributed by atoms with Crippen LogP contribution >= 0.6 is 0 Å². The van der Waals surface area contributed by atoms with Gasteiger partial charge >= 0.3 is 5.97 Å². The Kier molecular flexibility index (Phi) is 5.02. The van der Waals surface area contributed by atoms with Crippen LogP contribution < -0.4 is 15.8 Å². The number of anilines is 2. The average Bonchev–Trinajstić information content (AvgIpc) is 3.54. The smallest absolute Gasteiger partial charge is 0.356 e. The summed E-state index contributed by atoms with van der Waals surface area (Å²) in [5.74, 6) is -2.41. The average molecular weight is 455 g/mol. The van der Waals surface area contributed by atoms with Crippen molar-refractivity contribution in [3.8, 4) is 0 Å². The third-order valence-electron chi connectivity index (χ3n) is 6.75. The van der Waals surface area contributed by atoms with Crippen molar-refractivity contribution >= 4 is 23.1 Å². The molecule has 0 aromatic carbocycles. The van der Waals surface area contributed by atoms with Crippen molar-refractivity contribution in [1.29, 1.82) is 0 Å². The van der Waals surface area contributed by atoms with Gasteiger partial charge in [0.25, 0.3) is 5.56 Å². The van der Waals surface area contributed by atoms with Crippen molar-refractivity contribution in [2.24, 2.45) is 5.41 Å². The van der Waals surface area contributed by atoms with Crippen LogP contribution in [0.4, 0.5) is 20.3 Å². The van der Waals surface area contributed by atoms with Crippen molar-refractivity contribution in [1.82, 2.24) is 14.4 Å². The number of pyridine rings is 2. The minimum absolute atomic E-state index is 0.0723. The second-order valence-corrected chi connectivity index (χ2v) is 8.95. The third-order valence-corrected chi connectivity index (χ3v) is 6.75. The molecule has 0 bridgehead atoms. The van der Waals surface area contributed by atoms with Crippen molar-refractivity contribution < 1.29 is 18.7 Å². The van der Waals surface area contributed by atoms with E-state index >= 15 is 0 Å². The zero-order chi connectivity index (χ0) is 23.3. The van der Waals surface area contributed by atoms with Crippen LogP contribution in [0.25, 0.3) is 5.65 Å². The molecule has 1 atom stereocenters. The van der Waals surface area contributed by atoms with E-state index in [2.05, 4.69) is 15.2 Å².